The molecule has 5 heteroatoms. The third-order valence-corrected chi connectivity index (χ3v) is 6.26. The number of sulfone groups is 1. The summed E-state index contributed by atoms with van der Waals surface area (Å²) in [4.78, 5) is 4.79. The first-order valence-corrected chi connectivity index (χ1v) is 9.33. The van der Waals surface area contributed by atoms with Crippen LogP contribution in [0.3, 0.4) is 0 Å². The Morgan fingerprint density at radius 3 is 2.40 bits per heavy atom. The lowest BCUT2D eigenvalue weighted by molar-refractivity contribution is 0.290. The molecule has 1 aromatic carbocycles. The Morgan fingerprint density at radius 2 is 1.70 bits per heavy atom. The predicted molar refractivity (Wildman–Crippen MR) is 83.7 cm³/mol. The van der Waals surface area contributed by atoms with E-state index in [2.05, 4.69) is 29.2 Å². The molecule has 0 saturated carbocycles. The van der Waals surface area contributed by atoms with Gasteiger partial charge in [-0.05, 0) is 17.7 Å². The van der Waals surface area contributed by atoms with E-state index in [4.69, 9.17) is 0 Å². The summed E-state index contributed by atoms with van der Waals surface area (Å²) >= 11 is 1.79. The van der Waals surface area contributed by atoms with Crippen molar-refractivity contribution in [3.05, 3.63) is 47.3 Å². The molecule has 0 bridgehead atoms. The van der Waals surface area contributed by atoms with E-state index in [1.165, 1.54) is 15.3 Å². The fourth-order valence-corrected chi connectivity index (χ4v) is 4.68. The minimum atomic E-state index is -2.78. The standard InChI is InChI=1S/C15H17NO2S2/c17-20(18)10-8-16(9-11-20)12-14-6-7-15(19-14)13-4-2-1-3-5-13/h1-7H,8-12H2. The van der Waals surface area contributed by atoms with Crippen molar-refractivity contribution in [2.45, 2.75) is 6.54 Å². The number of hydrogen-bond donors (Lipinski definition) is 0. The Bertz CT molecular complexity index is 663. The van der Waals surface area contributed by atoms with Crippen molar-refractivity contribution in [3.63, 3.8) is 0 Å². The minimum Gasteiger partial charge on any atom is -0.296 e. The molecular weight excluding hydrogens is 290 g/mol. The van der Waals surface area contributed by atoms with E-state index in [1.807, 2.05) is 18.2 Å². The summed E-state index contributed by atoms with van der Waals surface area (Å²) in [7, 11) is -2.78. The number of thiophene rings is 1. The Balaban J connectivity index is 1.66. The van der Waals surface area contributed by atoms with Gasteiger partial charge >= 0.3 is 0 Å². The van der Waals surface area contributed by atoms with Gasteiger partial charge in [-0.3, -0.25) is 4.90 Å². The van der Waals surface area contributed by atoms with Gasteiger partial charge < -0.3 is 0 Å². The summed E-state index contributed by atoms with van der Waals surface area (Å²) in [6.45, 7) is 2.16. The summed E-state index contributed by atoms with van der Waals surface area (Å²) in [5.74, 6) is 0.591. The molecule has 3 nitrogen and oxygen atoms in total. The third-order valence-electron chi connectivity index (χ3n) is 3.54. The number of nitrogens with zero attached hydrogens (tertiary/aromatic N) is 1. The Labute approximate surface area is 123 Å². The molecule has 0 atom stereocenters. The van der Waals surface area contributed by atoms with Crippen LogP contribution in [0, 0.1) is 0 Å². The zero-order valence-corrected chi connectivity index (χ0v) is 12.8. The molecule has 0 spiro atoms. The largest absolute Gasteiger partial charge is 0.296 e. The lowest BCUT2D eigenvalue weighted by atomic mass is 10.2. The van der Waals surface area contributed by atoms with E-state index in [0.29, 0.717) is 24.6 Å². The highest BCUT2D eigenvalue weighted by Crippen LogP contribution is 2.28. The average Bonchev–Trinajstić information content (AvgIpc) is 2.91. The molecule has 3 rings (SSSR count). The Morgan fingerprint density at radius 1 is 1.00 bits per heavy atom. The molecule has 0 aliphatic carbocycles. The predicted octanol–water partition coefficient (Wildman–Crippen LogP) is 2.65. The van der Waals surface area contributed by atoms with Gasteiger partial charge in [-0.1, -0.05) is 30.3 Å². The van der Waals surface area contributed by atoms with Crippen LogP contribution >= 0.6 is 11.3 Å². The van der Waals surface area contributed by atoms with Gasteiger partial charge in [-0.25, -0.2) is 8.42 Å². The first-order chi connectivity index (χ1) is 9.62. The van der Waals surface area contributed by atoms with E-state index >= 15 is 0 Å². The van der Waals surface area contributed by atoms with Gasteiger partial charge in [-0.2, -0.15) is 0 Å². The van der Waals surface area contributed by atoms with Gasteiger partial charge in [0, 0.05) is 29.4 Å². The van der Waals surface area contributed by atoms with Crippen LogP contribution in [-0.2, 0) is 16.4 Å². The second-order valence-corrected chi connectivity index (χ2v) is 8.53. The van der Waals surface area contributed by atoms with Gasteiger partial charge in [-0.15, -0.1) is 11.3 Å². The molecular formula is C15H17NO2S2. The maximum atomic E-state index is 11.4. The lowest BCUT2D eigenvalue weighted by Crippen LogP contribution is -2.39. The van der Waals surface area contributed by atoms with Crippen molar-refractivity contribution < 1.29 is 8.42 Å². The van der Waals surface area contributed by atoms with Crippen LogP contribution in [0.4, 0.5) is 0 Å². The van der Waals surface area contributed by atoms with Gasteiger partial charge in [0.2, 0.25) is 0 Å². The van der Waals surface area contributed by atoms with Crippen LogP contribution in [0.2, 0.25) is 0 Å². The van der Waals surface area contributed by atoms with Crippen molar-refractivity contribution in [2.24, 2.45) is 0 Å². The molecule has 0 radical (unpaired) electrons. The molecule has 20 heavy (non-hydrogen) atoms. The quantitative estimate of drug-likeness (QED) is 0.875. The van der Waals surface area contributed by atoms with Crippen LogP contribution in [0.15, 0.2) is 42.5 Å². The number of rotatable bonds is 3. The third kappa shape index (κ3) is 3.29. The van der Waals surface area contributed by atoms with Gasteiger partial charge in [0.25, 0.3) is 0 Å². The molecule has 2 heterocycles. The van der Waals surface area contributed by atoms with E-state index in [-0.39, 0.29) is 0 Å². The molecule has 1 fully saturated rings. The highest BCUT2D eigenvalue weighted by Gasteiger charge is 2.21. The molecule has 106 valence electrons. The van der Waals surface area contributed by atoms with Crippen LogP contribution < -0.4 is 0 Å². The second kappa shape index (κ2) is 5.68. The molecule has 2 aromatic rings. The normalized spacial score (nSPS) is 19.0. The zero-order valence-electron chi connectivity index (χ0n) is 11.2. The van der Waals surface area contributed by atoms with Crippen LogP contribution in [0.1, 0.15) is 4.88 Å². The monoisotopic (exact) mass is 307 g/mol. The first-order valence-electron chi connectivity index (χ1n) is 6.69. The molecule has 0 amide bonds. The number of hydrogen-bond acceptors (Lipinski definition) is 4. The van der Waals surface area contributed by atoms with E-state index in [9.17, 15) is 8.42 Å². The second-order valence-electron chi connectivity index (χ2n) is 5.06. The molecule has 1 saturated heterocycles. The Kier molecular flexibility index (Phi) is 3.92. The molecule has 1 aliphatic rings. The summed E-state index contributed by atoms with van der Waals surface area (Å²) in [5.41, 5.74) is 1.24. The van der Waals surface area contributed by atoms with Crippen molar-refractivity contribution in [1.82, 2.24) is 4.90 Å². The van der Waals surface area contributed by atoms with E-state index in [0.717, 1.165) is 6.54 Å². The van der Waals surface area contributed by atoms with E-state index in [1.54, 1.807) is 11.3 Å². The van der Waals surface area contributed by atoms with Crippen LogP contribution in [0.5, 0.6) is 0 Å². The summed E-state index contributed by atoms with van der Waals surface area (Å²) in [6, 6.07) is 14.6. The lowest BCUT2D eigenvalue weighted by Gasteiger charge is -2.25. The SMILES string of the molecule is O=S1(=O)CCN(Cc2ccc(-c3ccccc3)s2)CC1. The molecule has 0 N–H and O–H groups in total. The molecule has 1 aromatic heterocycles. The van der Waals surface area contributed by atoms with Crippen molar-refractivity contribution in [2.75, 3.05) is 24.6 Å². The fourth-order valence-electron chi connectivity index (χ4n) is 2.35. The van der Waals surface area contributed by atoms with E-state index < -0.39 is 9.84 Å². The fraction of sp³-hybridized carbons (Fsp3) is 0.333. The summed E-state index contributed by atoms with van der Waals surface area (Å²) in [6.07, 6.45) is 0. The van der Waals surface area contributed by atoms with Gasteiger partial charge in [0.05, 0.1) is 11.5 Å². The van der Waals surface area contributed by atoms with Crippen molar-refractivity contribution in [3.8, 4) is 10.4 Å². The van der Waals surface area contributed by atoms with Crippen molar-refractivity contribution >= 4 is 21.2 Å². The van der Waals surface area contributed by atoms with Gasteiger partial charge in [0.15, 0.2) is 9.84 Å². The topological polar surface area (TPSA) is 37.4 Å². The Hall–Kier alpha value is -1.17. The van der Waals surface area contributed by atoms with Crippen LogP contribution in [-0.4, -0.2) is 37.9 Å². The smallest absolute Gasteiger partial charge is 0.152 e. The van der Waals surface area contributed by atoms with Crippen LogP contribution in [0.25, 0.3) is 10.4 Å². The average molecular weight is 307 g/mol. The highest BCUT2D eigenvalue weighted by molar-refractivity contribution is 7.91. The minimum absolute atomic E-state index is 0.296. The first kappa shape index (κ1) is 13.8. The maximum Gasteiger partial charge on any atom is 0.152 e. The molecule has 0 unspecified atom stereocenters. The van der Waals surface area contributed by atoms with Gasteiger partial charge in [0.1, 0.15) is 0 Å². The summed E-state index contributed by atoms with van der Waals surface area (Å²) < 4.78 is 22.8. The number of benzene rings is 1. The highest BCUT2D eigenvalue weighted by atomic mass is 32.2. The maximum absolute atomic E-state index is 11.4. The zero-order chi connectivity index (χ0) is 14.0. The molecule has 1 aliphatic heterocycles. The summed E-state index contributed by atoms with van der Waals surface area (Å²) in [5, 5.41) is 0. The van der Waals surface area contributed by atoms with Crippen molar-refractivity contribution in [1.29, 1.82) is 0 Å².